The molecule has 1 aliphatic heterocycles. The second-order valence-electron chi connectivity index (χ2n) is 3.55. The van der Waals surface area contributed by atoms with Gasteiger partial charge in [-0.3, -0.25) is 4.79 Å². The van der Waals surface area contributed by atoms with E-state index >= 15 is 0 Å². The molecule has 1 unspecified atom stereocenters. The Morgan fingerprint density at radius 1 is 1.50 bits per heavy atom. The largest absolute Gasteiger partial charge is 0.481 e. The number of sulfone groups is 1. The molecule has 0 aromatic carbocycles. The summed E-state index contributed by atoms with van der Waals surface area (Å²) in [5.74, 6) is -0.366. The Morgan fingerprint density at radius 3 is 2.71 bits per heavy atom. The Kier molecular flexibility index (Phi) is 3.88. The highest BCUT2D eigenvalue weighted by molar-refractivity contribution is 7.91. The van der Waals surface area contributed by atoms with Crippen molar-refractivity contribution in [3.8, 4) is 0 Å². The Balaban J connectivity index is 2.12. The number of carbonyl (C=O) groups is 1. The summed E-state index contributed by atoms with van der Waals surface area (Å²) in [7, 11) is -2.83. The van der Waals surface area contributed by atoms with Crippen LogP contribution < -0.4 is 5.32 Å². The number of carboxylic acids is 1. The average molecular weight is 221 g/mol. The topological polar surface area (TPSA) is 83.5 Å². The van der Waals surface area contributed by atoms with Gasteiger partial charge in [0.1, 0.15) is 0 Å². The minimum absolute atomic E-state index is 0.0220. The summed E-state index contributed by atoms with van der Waals surface area (Å²) >= 11 is 0. The Morgan fingerprint density at radius 2 is 2.21 bits per heavy atom. The molecule has 0 aromatic heterocycles. The van der Waals surface area contributed by atoms with Gasteiger partial charge < -0.3 is 10.4 Å². The van der Waals surface area contributed by atoms with E-state index in [1.807, 2.05) is 0 Å². The number of hydrogen-bond donors (Lipinski definition) is 2. The van der Waals surface area contributed by atoms with Gasteiger partial charge in [-0.05, 0) is 19.4 Å². The molecule has 0 saturated carbocycles. The smallest absolute Gasteiger partial charge is 0.303 e. The lowest BCUT2D eigenvalue weighted by molar-refractivity contribution is -0.137. The van der Waals surface area contributed by atoms with E-state index in [1.54, 1.807) is 0 Å². The molecule has 0 amide bonds. The lowest BCUT2D eigenvalue weighted by Gasteiger charge is -2.08. The zero-order valence-electron chi connectivity index (χ0n) is 7.90. The maximum atomic E-state index is 11.0. The molecule has 0 bridgehead atoms. The molecule has 0 spiro atoms. The predicted octanol–water partition coefficient (Wildman–Crippen LogP) is -0.372. The second-order valence-corrected chi connectivity index (χ2v) is 5.78. The summed E-state index contributed by atoms with van der Waals surface area (Å²) in [5, 5.41) is 11.4. The van der Waals surface area contributed by atoms with E-state index in [9.17, 15) is 13.2 Å². The first kappa shape index (κ1) is 11.5. The third-order valence-corrected chi connectivity index (χ3v) is 4.00. The third kappa shape index (κ3) is 4.06. The van der Waals surface area contributed by atoms with Crippen LogP contribution in [0.25, 0.3) is 0 Å². The monoisotopic (exact) mass is 221 g/mol. The molecule has 1 atom stereocenters. The summed E-state index contributed by atoms with van der Waals surface area (Å²) < 4.78 is 22.1. The highest BCUT2D eigenvalue weighted by atomic mass is 32.2. The molecule has 0 aromatic rings. The lowest BCUT2D eigenvalue weighted by Crippen LogP contribution is -2.31. The van der Waals surface area contributed by atoms with Crippen molar-refractivity contribution < 1.29 is 18.3 Å². The van der Waals surface area contributed by atoms with Crippen LogP contribution in [0.15, 0.2) is 0 Å². The van der Waals surface area contributed by atoms with Gasteiger partial charge in [-0.25, -0.2) is 8.42 Å². The summed E-state index contributed by atoms with van der Waals surface area (Å²) in [5.41, 5.74) is 0. The van der Waals surface area contributed by atoms with Gasteiger partial charge in [-0.15, -0.1) is 0 Å². The Hall–Kier alpha value is -0.620. The molecular weight excluding hydrogens is 206 g/mol. The molecule has 0 radical (unpaired) electrons. The van der Waals surface area contributed by atoms with Crippen molar-refractivity contribution in [2.45, 2.75) is 25.3 Å². The maximum Gasteiger partial charge on any atom is 0.303 e. The van der Waals surface area contributed by atoms with Gasteiger partial charge in [0.05, 0.1) is 11.5 Å². The van der Waals surface area contributed by atoms with Crippen molar-refractivity contribution in [2.75, 3.05) is 18.1 Å². The van der Waals surface area contributed by atoms with Crippen LogP contribution in [0.3, 0.4) is 0 Å². The van der Waals surface area contributed by atoms with Gasteiger partial charge in [0, 0.05) is 12.5 Å². The summed E-state index contributed by atoms with van der Waals surface area (Å²) in [6.07, 6.45) is 1.33. The van der Waals surface area contributed by atoms with E-state index in [0.29, 0.717) is 19.4 Å². The summed E-state index contributed by atoms with van der Waals surface area (Å²) in [4.78, 5) is 10.2. The Labute approximate surface area is 83.4 Å². The van der Waals surface area contributed by atoms with Crippen LogP contribution in [0.2, 0.25) is 0 Å². The second kappa shape index (κ2) is 4.75. The van der Waals surface area contributed by atoms with Crippen LogP contribution in [0.1, 0.15) is 19.3 Å². The molecule has 6 heteroatoms. The number of nitrogens with one attached hydrogen (secondary N) is 1. The molecule has 2 N–H and O–H groups in total. The van der Waals surface area contributed by atoms with E-state index in [4.69, 9.17) is 5.11 Å². The highest BCUT2D eigenvalue weighted by Crippen LogP contribution is 2.10. The van der Waals surface area contributed by atoms with Crippen molar-refractivity contribution in [2.24, 2.45) is 0 Å². The van der Waals surface area contributed by atoms with Gasteiger partial charge in [0.15, 0.2) is 9.84 Å². The predicted molar refractivity (Wildman–Crippen MR) is 51.9 cm³/mol. The van der Waals surface area contributed by atoms with E-state index in [2.05, 4.69) is 5.32 Å². The van der Waals surface area contributed by atoms with Crippen LogP contribution >= 0.6 is 0 Å². The first-order valence-electron chi connectivity index (χ1n) is 4.65. The minimum atomic E-state index is -2.83. The standard InChI is InChI=1S/C8H15NO4S/c10-8(11)2-1-4-9-7-3-5-14(12,13)6-7/h7,9H,1-6H2,(H,10,11). The number of hydrogen-bond acceptors (Lipinski definition) is 4. The zero-order chi connectivity index (χ0) is 10.6. The summed E-state index contributed by atoms with van der Waals surface area (Å²) in [6, 6.07) is 0.0220. The van der Waals surface area contributed by atoms with Crippen LogP contribution in [0, 0.1) is 0 Å². The molecule has 1 fully saturated rings. The molecular formula is C8H15NO4S. The number of aliphatic carboxylic acids is 1. The number of rotatable bonds is 5. The first-order valence-corrected chi connectivity index (χ1v) is 6.47. The van der Waals surface area contributed by atoms with Crippen LogP contribution in [0.4, 0.5) is 0 Å². The Bertz CT molecular complexity index is 298. The van der Waals surface area contributed by atoms with E-state index in [0.717, 1.165) is 0 Å². The molecule has 1 heterocycles. The normalized spacial score (nSPS) is 25.0. The summed E-state index contributed by atoms with van der Waals surface area (Å²) in [6.45, 7) is 0.576. The van der Waals surface area contributed by atoms with Crippen molar-refractivity contribution in [1.82, 2.24) is 5.32 Å². The van der Waals surface area contributed by atoms with Crippen molar-refractivity contribution >= 4 is 15.8 Å². The fourth-order valence-electron chi connectivity index (χ4n) is 1.50. The van der Waals surface area contributed by atoms with Gasteiger partial charge in [-0.2, -0.15) is 0 Å². The molecule has 1 aliphatic rings. The van der Waals surface area contributed by atoms with E-state index in [1.165, 1.54) is 0 Å². The molecule has 1 saturated heterocycles. The van der Waals surface area contributed by atoms with Crippen molar-refractivity contribution in [1.29, 1.82) is 0 Å². The minimum Gasteiger partial charge on any atom is -0.481 e. The van der Waals surface area contributed by atoms with Crippen LogP contribution in [0.5, 0.6) is 0 Å². The van der Waals surface area contributed by atoms with E-state index < -0.39 is 15.8 Å². The molecule has 1 rings (SSSR count). The number of carboxylic acid groups (broad SMARTS) is 1. The molecule has 0 aliphatic carbocycles. The van der Waals surface area contributed by atoms with Crippen LogP contribution in [-0.2, 0) is 14.6 Å². The van der Waals surface area contributed by atoms with Crippen molar-refractivity contribution in [3.63, 3.8) is 0 Å². The lowest BCUT2D eigenvalue weighted by atomic mass is 10.2. The third-order valence-electron chi connectivity index (χ3n) is 2.23. The first-order chi connectivity index (χ1) is 6.49. The van der Waals surface area contributed by atoms with Gasteiger partial charge in [0.2, 0.25) is 0 Å². The van der Waals surface area contributed by atoms with Crippen molar-refractivity contribution in [3.05, 3.63) is 0 Å². The van der Waals surface area contributed by atoms with Gasteiger partial charge in [-0.1, -0.05) is 0 Å². The average Bonchev–Trinajstić information content (AvgIpc) is 2.39. The fraction of sp³-hybridized carbons (Fsp3) is 0.875. The molecule has 82 valence electrons. The molecule has 5 nitrogen and oxygen atoms in total. The zero-order valence-corrected chi connectivity index (χ0v) is 8.72. The quantitative estimate of drug-likeness (QED) is 0.619. The van der Waals surface area contributed by atoms with Gasteiger partial charge in [0.25, 0.3) is 0 Å². The maximum absolute atomic E-state index is 11.0. The highest BCUT2D eigenvalue weighted by Gasteiger charge is 2.26. The fourth-order valence-corrected chi connectivity index (χ4v) is 3.21. The molecule has 14 heavy (non-hydrogen) atoms. The SMILES string of the molecule is O=C(O)CCCNC1CCS(=O)(=O)C1. The van der Waals surface area contributed by atoms with Gasteiger partial charge >= 0.3 is 5.97 Å². The van der Waals surface area contributed by atoms with Crippen LogP contribution in [-0.4, -0.2) is 43.6 Å². The van der Waals surface area contributed by atoms with E-state index in [-0.39, 0.29) is 24.0 Å².